The molecule has 1 heterocycles. The van der Waals surface area contributed by atoms with Gasteiger partial charge in [0.1, 0.15) is 17.0 Å². The Morgan fingerprint density at radius 2 is 1.74 bits per heavy atom. The number of carbonyl (C=O) groups is 1. The number of unbranched alkanes of at least 4 members (excludes halogenated alkanes) is 1. The Morgan fingerprint density at radius 3 is 2.35 bits per heavy atom. The van der Waals surface area contributed by atoms with Crippen LogP contribution >= 0.6 is 23.7 Å². The first kappa shape index (κ1) is 27.9. The summed E-state index contributed by atoms with van der Waals surface area (Å²) in [4.78, 5) is 22.6. The van der Waals surface area contributed by atoms with E-state index in [0.29, 0.717) is 23.8 Å². The van der Waals surface area contributed by atoms with Crippen molar-refractivity contribution < 1.29 is 14.3 Å². The van der Waals surface area contributed by atoms with Gasteiger partial charge in [0.2, 0.25) is 0 Å². The summed E-state index contributed by atoms with van der Waals surface area (Å²) < 4.78 is 12.3. The molecule has 34 heavy (non-hydrogen) atoms. The number of hydrogen-bond acceptors (Lipinski definition) is 6. The first-order chi connectivity index (χ1) is 16.0. The standard InChI is InChI=1S/C26H35N3O3S.ClH/c1-6-9-18-32-21-13-11-20(12-14-21)25(30)29(17-16-28(7-2)8-3)26-27-23-22(31-5)15-10-19(4)24(23)33-26;/h10-15H,6-9,16-18H2,1-5H3;1H. The Hall–Kier alpha value is -2.35. The molecule has 0 aliphatic carbocycles. The van der Waals surface area contributed by atoms with E-state index < -0.39 is 0 Å². The van der Waals surface area contributed by atoms with Gasteiger partial charge in [0.25, 0.3) is 5.91 Å². The summed E-state index contributed by atoms with van der Waals surface area (Å²) in [6.07, 6.45) is 2.10. The topological polar surface area (TPSA) is 54.9 Å². The van der Waals surface area contributed by atoms with Crippen LogP contribution in [0.4, 0.5) is 5.13 Å². The molecule has 3 aromatic rings. The average Bonchev–Trinajstić information content (AvgIpc) is 3.28. The Morgan fingerprint density at radius 1 is 1.03 bits per heavy atom. The van der Waals surface area contributed by atoms with Gasteiger partial charge in [-0.25, -0.2) is 4.98 Å². The molecule has 0 atom stereocenters. The zero-order valence-corrected chi connectivity index (χ0v) is 22.4. The molecule has 2 aromatic carbocycles. The van der Waals surface area contributed by atoms with Crippen molar-refractivity contribution in [2.75, 3.05) is 44.8 Å². The van der Waals surface area contributed by atoms with Crippen molar-refractivity contribution in [3.8, 4) is 11.5 Å². The quantitative estimate of drug-likeness (QED) is 0.274. The molecule has 6 nitrogen and oxygen atoms in total. The molecule has 1 amide bonds. The summed E-state index contributed by atoms with van der Waals surface area (Å²) in [5.41, 5.74) is 2.55. The van der Waals surface area contributed by atoms with Crippen molar-refractivity contribution in [2.45, 2.75) is 40.5 Å². The molecule has 0 N–H and O–H groups in total. The SMILES string of the molecule is CCCCOc1ccc(C(=O)N(CCN(CC)CC)c2nc3c(OC)ccc(C)c3s2)cc1.Cl. The number of aromatic nitrogens is 1. The van der Waals surface area contributed by atoms with E-state index in [4.69, 9.17) is 14.5 Å². The molecule has 0 fully saturated rings. The van der Waals surface area contributed by atoms with Gasteiger partial charge < -0.3 is 14.4 Å². The number of methoxy groups -OCH3 is 1. The summed E-state index contributed by atoms with van der Waals surface area (Å²) in [5, 5.41) is 0.693. The lowest BCUT2D eigenvalue weighted by Crippen LogP contribution is -2.38. The van der Waals surface area contributed by atoms with E-state index >= 15 is 0 Å². The molecule has 0 bridgehead atoms. The number of thiazole rings is 1. The minimum absolute atomic E-state index is 0. The zero-order chi connectivity index (χ0) is 23.8. The van der Waals surface area contributed by atoms with Crippen LogP contribution in [0.2, 0.25) is 0 Å². The highest BCUT2D eigenvalue weighted by Gasteiger charge is 2.23. The maximum atomic E-state index is 13.6. The minimum atomic E-state index is -0.0575. The van der Waals surface area contributed by atoms with Gasteiger partial charge in [-0.2, -0.15) is 0 Å². The molecule has 0 saturated heterocycles. The molecule has 0 radical (unpaired) electrons. The van der Waals surface area contributed by atoms with E-state index in [1.165, 1.54) is 11.3 Å². The van der Waals surface area contributed by atoms with Crippen molar-refractivity contribution in [3.63, 3.8) is 0 Å². The summed E-state index contributed by atoms with van der Waals surface area (Å²) in [6.45, 7) is 12.4. The Labute approximate surface area is 213 Å². The van der Waals surface area contributed by atoms with Gasteiger partial charge in [0.15, 0.2) is 5.13 Å². The molecule has 0 unspecified atom stereocenters. The van der Waals surface area contributed by atoms with Crippen LogP contribution in [0.15, 0.2) is 36.4 Å². The van der Waals surface area contributed by atoms with E-state index in [-0.39, 0.29) is 18.3 Å². The van der Waals surface area contributed by atoms with Crippen LogP contribution in [0.3, 0.4) is 0 Å². The minimum Gasteiger partial charge on any atom is -0.494 e. The van der Waals surface area contributed by atoms with Crippen LogP contribution in [0.1, 0.15) is 49.5 Å². The van der Waals surface area contributed by atoms with E-state index in [1.54, 1.807) is 12.0 Å². The fraction of sp³-hybridized carbons (Fsp3) is 0.462. The van der Waals surface area contributed by atoms with Crippen molar-refractivity contribution in [2.24, 2.45) is 0 Å². The summed E-state index contributed by atoms with van der Waals surface area (Å²) in [6, 6.07) is 11.4. The van der Waals surface area contributed by atoms with E-state index in [0.717, 1.165) is 59.8 Å². The molecule has 0 aliphatic heterocycles. The number of ether oxygens (including phenoxy) is 2. The highest BCUT2D eigenvalue weighted by Crippen LogP contribution is 2.36. The number of rotatable bonds is 12. The number of amides is 1. The fourth-order valence-electron chi connectivity index (χ4n) is 3.63. The number of anilines is 1. The molecule has 3 rings (SSSR count). The van der Waals surface area contributed by atoms with Gasteiger partial charge in [-0.3, -0.25) is 9.69 Å². The Balaban J connectivity index is 0.00000408. The van der Waals surface area contributed by atoms with Crippen LogP contribution < -0.4 is 14.4 Å². The monoisotopic (exact) mass is 505 g/mol. The number of hydrogen-bond donors (Lipinski definition) is 0. The lowest BCUT2D eigenvalue weighted by molar-refractivity contribution is 0.0983. The summed E-state index contributed by atoms with van der Waals surface area (Å²) in [7, 11) is 1.65. The Bertz CT molecular complexity index is 1050. The van der Waals surface area contributed by atoms with Crippen molar-refractivity contribution in [1.82, 2.24) is 9.88 Å². The molecule has 0 aliphatic rings. The molecular weight excluding hydrogens is 470 g/mol. The second kappa shape index (κ2) is 13.5. The van der Waals surface area contributed by atoms with Crippen LogP contribution in [-0.2, 0) is 0 Å². The first-order valence-corrected chi connectivity index (χ1v) is 12.5. The van der Waals surface area contributed by atoms with Crippen molar-refractivity contribution >= 4 is 45.0 Å². The lowest BCUT2D eigenvalue weighted by atomic mass is 10.2. The van der Waals surface area contributed by atoms with E-state index in [1.807, 2.05) is 36.4 Å². The second-order valence-corrected chi connectivity index (χ2v) is 8.95. The Kier molecular flexibility index (Phi) is 11.1. The number of carbonyl (C=O) groups excluding carboxylic acids is 1. The van der Waals surface area contributed by atoms with E-state index in [9.17, 15) is 4.79 Å². The first-order valence-electron chi connectivity index (χ1n) is 11.7. The maximum Gasteiger partial charge on any atom is 0.260 e. The highest BCUT2D eigenvalue weighted by molar-refractivity contribution is 7.22. The molecule has 0 saturated carbocycles. The van der Waals surface area contributed by atoms with Gasteiger partial charge in [-0.15, -0.1) is 12.4 Å². The van der Waals surface area contributed by atoms with Gasteiger partial charge in [-0.05, 0) is 62.3 Å². The normalized spacial score (nSPS) is 10.9. The van der Waals surface area contributed by atoms with Gasteiger partial charge in [0.05, 0.1) is 18.4 Å². The largest absolute Gasteiger partial charge is 0.494 e. The lowest BCUT2D eigenvalue weighted by Gasteiger charge is -2.24. The predicted octanol–water partition coefficient (Wildman–Crippen LogP) is 6.20. The van der Waals surface area contributed by atoms with E-state index in [2.05, 4.69) is 32.6 Å². The molecule has 186 valence electrons. The number of halogens is 1. The number of aryl methyl sites for hydroxylation is 1. The second-order valence-electron chi connectivity index (χ2n) is 7.97. The molecular formula is C26H36ClN3O3S. The summed E-state index contributed by atoms with van der Waals surface area (Å²) in [5.74, 6) is 1.45. The van der Waals surface area contributed by atoms with Crippen LogP contribution in [-0.4, -0.2) is 55.7 Å². The number of benzene rings is 2. The smallest absolute Gasteiger partial charge is 0.260 e. The predicted molar refractivity (Wildman–Crippen MR) is 144 cm³/mol. The molecule has 1 aromatic heterocycles. The number of nitrogens with zero attached hydrogens (tertiary/aromatic N) is 3. The molecule has 8 heteroatoms. The number of fused-ring (bicyclic) bond motifs is 1. The third kappa shape index (κ3) is 6.62. The third-order valence-electron chi connectivity index (χ3n) is 5.79. The highest BCUT2D eigenvalue weighted by atomic mass is 35.5. The summed E-state index contributed by atoms with van der Waals surface area (Å²) >= 11 is 1.54. The molecule has 0 spiro atoms. The van der Waals surface area contributed by atoms with Gasteiger partial charge >= 0.3 is 0 Å². The number of likely N-dealkylation sites (N-methyl/N-ethyl adjacent to an activating group) is 1. The average molecular weight is 506 g/mol. The maximum absolute atomic E-state index is 13.6. The van der Waals surface area contributed by atoms with Crippen LogP contribution in [0.25, 0.3) is 10.2 Å². The third-order valence-corrected chi connectivity index (χ3v) is 7.00. The van der Waals surface area contributed by atoms with Crippen LogP contribution in [0.5, 0.6) is 11.5 Å². The van der Waals surface area contributed by atoms with Crippen molar-refractivity contribution in [3.05, 3.63) is 47.5 Å². The van der Waals surface area contributed by atoms with Gasteiger partial charge in [-0.1, -0.05) is 44.6 Å². The van der Waals surface area contributed by atoms with Gasteiger partial charge in [0, 0.05) is 18.7 Å². The van der Waals surface area contributed by atoms with Crippen LogP contribution in [0, 0.1) is 6.92 Å². The fourth-order valence-corrected chi connectivity index (χ4v) is 4.70. The van der Waals surface area contributed by atoms with Crippen molar-refractivity contribution in [1.29, 1.82) is 0 Å². The zero-order valence-electron chi connectivity index (χ0n) is 20.8.